The lowest BCUT2D eigenvalue weighted by Gasteiger charge is -2.27. The minimum atomic E-state index is -0.787. The van der Waals surface area contributed by atoms with Crippen molar-refractivity contribution < 1.29 is 28.7 Å². The third-order valence-electron chi connectivity index (χ3n) is 3.58. The molecule has 2 rings (SSSR count). The Hall–Kier alpha value is -2.42. The van der Waals surface area contributed by atoms with Gasteiger partial charge in [-0.25, -0.2) is 9.18 Å². The summed E-state index contributed by atoms with van der Waals surface area (Å²) in [4.78, 5) is 23.6. The van der Waals surface area contributed by atoms with Crippen LogP contribution in [0.15, 0.2) is 18.2 Å². The molecule has 0 aliphatic carbocycles. The first-order valence-corrected chi connectivity index (χ1v) is 7.81. The van der Waals surface area contributed by atoms with Crippen molar-refractivity contribution in [2.24, 2.45) is 0 Å². The second-order valence-corrected chi connectivity index (χ2v) is 6.85. The van der Waals surface area contributed by atoms with Crippen LogP contribution in [0, 0.1) is 15.9 Å². The van der Waals surface area contributed by atoms with Crippen LogP contribution in [-0.2, 0) is 4.74 Å². The van der Waals surface area contributed by atoms with Crippen LogP contribution < -0.4 is 4.74 Å². The lowest BCUT2D eigenvalue weighted by Crippen LogP contribution is -2.41. The summed E-state index contributed by atoms with van der Waals surface area (Å²) in [5, 5.41) is 20.3. The number of aliphatic hydroxyl groups is 1. The predicted octanol–water partition coefficient (Wildman–Crippen LogP) is 2.48. The van der Waals surface area contributed by atoms with Gasteiger partial charge in [-0.2, -0.15) is 0 Å². The van der Waals surface area contributed by atoms with Gasteiger partial charge in [0.25, 0.3) is 5.69 Å². The lowest BCUT2D eigenvalue weighted by atomic mass is 10.2. The van der Waals surface area contributed by atoms with E-state index in [0.29, 0.717) is 6.42 Å². The Morgan fingerprint density at radius 1 is 1.44 bits per heavy atom. The van der Waals surface area contributed by atoms with Gasteiger partial charge in [0.1, 0.15) is 23.3 Å². The Balaban J connectivity index is 2.10. The number of carbonyl (C=O) groups excluding carboxylic acids is 1. The second-order valence-electron chi connectivity index (χ2n) is 6.85. The fraction of sp³-hybridized carbons (Fsp3) is 0.562. The number of nitrogens with zero attached hydrogens (tertiary/aromatic N) is 2. The van der Waals surface area contributed by atoms with E-state index in [4.69, 9.17) is 9.47 Å². The van der Waals surface area contributed by atoms with Gasteiger partial charge in [-0.15, -0.1) is 0 Å². The number of nitro groups is 1. The van der Waals surface area contributed by atoms with Crippen LogP contribution >= 0.6 is 0 Å². The van der Waals surface area contributed by atoms with Gasteiger partial charge in [0, 0.05) is 12.5 Å². The molecule has 1 saturated heterocycles. The van der Waals surface area contributed by atoms with Gasteiger partial charge >= 0.3 is 6.09 Å². The topological polar surface area (TPSA) is 102 Å². The first-order chi connectivity index (χ1) is 11.6. The van der Waals surface area contributed by atoms with E-state index in [2.05, 4.69) is 0 Å². The Kier molecular flexibility index (Phi) is 5.46. The number of carbonyl (C=O) groups is 1. The number of hydrogen-bond acceptors (Lipinski definition) is 6. The fourth-order valence-electron chi connectivity index (χ4n) is 2.59. The number of nitro benzene ring substituents is 1. The van der Waals surface area contributed by atoms with Crippen LogP contribution in [0.5, 0.6) is 5.75 Å². The predicted molar refractivity (Wildman–Crippen MR) is 85.9 cm³/mol. The monoisotopic (exact) mass is 356 g/mol. The molecule has 25 heavy (non-hydrogen) atoms. The highest BCUT2D eigenvalue weighted by Gasteiger charge is 2.38. The molecule has 1 fully saturated rings. The summed E-state index contributed by atoms with van der Waals surface area (Å²) >= 11 is 0. The highest BCUT2D eigenvalue weighted by atomic mass is 19.1. The maximum absolute atomic E-state index is 13.5. The smallest absolute Gasteiger partial charge is 0.410 e. The molecule has 1 aliphatic rings. The summed E-state index contributed by atoms with van der Waals surface area (Å²) in [6.07, 6.45) is -0.811. The van der Waals surface area contributed by atoms with Gasteiger partial charge < -0.3 is 14.6 Å². The summed E-state index contributed by atoms with van der Waals surface area (Å²) in [7, 11) is 0. The van der Waals surface area contributed by atoms with Gasteiger partial charge in [-0.05, 0) is 20.8 Å². The highest BCUT2D eigenvalue weighted by molar-refractivity contribution is 5.69. The molecule has 1 aromatic carbocycles. The molecule has 0 radical (unpaired) electrons. The van der Waals surface area contributed by atoms with E-state index >= 15 is 0 Å². The number of ether oxygens (including phenoxy) is 2. The summed E-state index contributed by atoms with van der Waals surface area (Å²) in [5.41, 5.74) is -1.10. The molecule has 1 amide bonds. The van der Waals surface area contributed by atoms with Crippen LogP contribution in [0.1, 0.15) is 27.2 Å². The van der Waals surface area contributed by atoms with Gasteiger partial charge in [-0.1, -0.05) is 0 Å². The number of non-ortho nitro benzene ring substituents is 1. The normalized spacial score (nSPS) is 20.4. The zero-order chi connectivity index (χ0) is 18.8. The van der Waals surface area contributed by atoms with E-state index in [-0.39, 0.29) is 18.9 Å². The zero-order valence-corrected chi connectivity index (χ0v) is 14.3. The van der Waals surface area contributed by atoms with E-state index in [1.54, 1.807) is 20.8 Å². The summed E-state index contributed by atoms with van der Waals surface area (Å²) in [6, 6.07) is 2.46. The molecule has 0 spiro atoms. The van der Waals surface area contributed by atoms with Crippen molar-refractivity contribution in [1.29, 1.82) is 0 Å². The van der Waals surface area contributed by atoms with Gasteiger partial charge in [0.05, 0.1) is 36.2 Å². The van der Waals surface area contributed by atoms with Crippen LogP contribution in [0.3, 0.4) is 0 Å². The average molecular weight is 356 g/mol. The molecular weight excluding hydrogens is 335 g/mol. The molecule has 8 nitrogen and oxygen atoms in total. The molecule has 0 bridgehead atoms. The molecule has 0 aromatic heterocycles. The number of amides is 1. The Bertz CT molecular complexity index is 661. The van der Waals surface area contributed by atoms with Crippen molar-refractivity contribution in [3.8, 4) is 5.75 Å². The van der Waals surface area contributed by atoms with Crippen molar-refractivity contribution in [2.75, 3.05) is 13.2 Å². The van der Waals surface area contributed by atoms with Gasteiger partial charge in [0.2, 0.25) is 0 Å². The van der Waals surface area contributed by atoms with Crippen molar-refractivity contribution in [2.45, 2.75) is 44.9 Å². The van der Waals surface area contributed by atoms with Crippen LogP contribution in [0.4, 0.5) is 14.9 Å². The minimum Gasteiger partial charge on any atom is -0.488 e. The largest absolute Gasteiger partial charge is 0.488 e. The highest BCUT2D eigenvalue weighted by Crippen LogP contribution is 2.27. The summed E-state index contributed by atoms with van der Waals surface area (Å²) in [5.74, 6) is -0.788. The molecule has 1 heterocycles. The number of aliphatic hydroxyl groups excluding tert-OH is 1. The lowest BCUT2D eigenvalue weighted by molar-refractivity contribution is -0.385. The van der Waals surface area contributed by atoms with E-state index in [1.807, 2.05) is 0 Å². The first kappa shape index (κ1) is 18.9. The Morgan fingerprint density at radius 2 is 2.12 bits per heavy atom. The number of likely N-dealkylation sites (tertiary alicyclic amines) is 1. The Morgan fingerprint density at radius 3 is 2.68 bits per heavy atom. The molecular formula is C16H21FN2O6. The van der Waals surface area contributed by atoms with E-state index < -0.39 is 40.3 Å². The van der Waals surface area contributed by atoms with Crippen LogP contribution in [0.2, 0.25) is 0 Å². The third-order valence-corrected chi connectivity index (χ3v) is 3.58. The molecule has 0 saturated carbocycles. The van der Waals surface area contributed by atoms with E-state index in [9.17, 15) is 24.4 Å². The van der Waals surface area contributed by atoms with Crippen LogP contribution in [-0.4, -0.2) is 51.9 Å². The molecule has 1 N–H and O–H groups in total. The van der Waals surface area contributed by atoms with Crippen molar-refractivity contribution in [3.63, 3.8) is 0 Å². The SMILES string of the molecule is CC(C)(C)OC(=O)N1C[C@@H](Oc2cc(F)cc([N+](=O)[O-])c2)CC1CO. The molecule has 138 valence electrons. The Labute approximate surface area is 144 Å². The quantitative estimate of drug-likeness (QED) is 0.657. The van der Waals surface area contributed by atoms with Crippen molar-refractivity contribution in [3.05, 3.63) is 34.1 Å². The van der Waals surface area contributed by atoms with Gasteiger partial charge in [-0.3, -0.25) is 15.0 Å². The number of rotatable bonds is 4. The molecule has 2 atom stereocenters. The maximum Gasteiger partial charge on any atom is 0.410 e. The number of halogens is 1. The third kappa shape index (κ3) is 5.02. The van der Waals surface area contributed by atoms with Crippen molar-refractivity contribution in [1.82, 2.24) is 4.90 Å². The van der Waals surface area contributed by atoms with E-state index in [0.717, 1.165) is 18.2 Å². The molecule has 9 heteroatoms. The standard InChI is InChI=1S/C16H21FN2O6/c1-16(2,3)25-15(21)18-8-14(7-12(18)9-20)24-13-5-10(17)4-11(6-13)19(22)23/h4-6,12,14,20H,7-9H2,1-3H3/t12?,14-/m0/s1. The van der Waals surface area contributed by atoms with Crippen LogP contribution in [0.25, 0.3) is 0 Å². The zero-order valence-electron chi connectivity index (χ0n) is 14.3. The van der Waals surface area contributed by atoms with Crippen molar-refractivity contribution >= 4 is 11.8 Å². The molecule has 1 unspecified atom stereocenters. The first-order valence-electron chi connectivity index (χ1n) is 7.81. The summed E-state index contributed by atoms with van der Waals surface area (Å²) in [6.45, 7) is 5.05. The average Bonchev–Trinajstić information content (AvgIpc) is 2.88. The minimum absolute atomic E-state index is 0.000529. The summed E-state index contributed by atoms with van der Waals surface area (Å²) < 4.78 is 24.4. The second kappa shape index (κ2) is 7.22. The molecule has 1 aromatic rings. The van der Waals surface area contributed by atoms with E-state index in [1.165, 1.54) is 4.90 Å². The van der Waals surface area contributed by atoms with Gasteiger partial charge in [0.15, 0.2) is 0 Å². The number of benzene rings is 1. The fourth-order valence-corrected chi connectivity index (χ4v) is 2.59. The molecule has 1 aliphatic heterocycles. The maximum atomic E-state index is 13.5. The number of hydrogen-bond donors (Lipinski definition) is 1.